The van der Waals surface area contributed by atoms with Gasteiger partial charge in [-0.1, -0.05) is 30.3 Å². The molecule has 1 heterocycles. The molecule has 3 N–H and O–H groups in total. The van der Waals surface area contributed by atoms with Gasteiger partial charge in [-0.15, -0.1) is 0 Å². The van der Waals surface area contributed by atoms with Gasteiger partial charge >= 0.3 is 0 Å². The van der Waals surface area contributed by atoms with E-state index in [-0.39, 0.29) is 17.6 Å². The van der Waals surface area contributed by atoms with E-state index in [1.165, 1.54) is 5.56 Å². The van der Waals surface area contributed by atoms with Gasteiger partial charge in [-0.2, -0.15) is 0 Å². The molecule has 1 aromatic rings. The van der Waals surface area contributed by atoms with Crippen LogP contribution in [0.1, 0.15) is 18.4 Å². The lowest BCUT2D eigenvalue weighted by Crippen LogP contribution is -2.59. The van der Waals surface area contributed by atoms with Gasteiger partial charge in [0.25, 0.3) is 0 Å². The molecule has 0 aromatic heterocycles. The SMILES string of the molecule is NCC1(C2CN(Cc3ccccc3)CCO2)CC(O)C1. The third-order valence-corrected chi connectivity index (χ3v) is 4.77. The Labute approximate surface area is 120 Å². The summed E-state index contributed by atoms with van der Waals surface area (Å²) in [5.41, 5.74) is 7.28. The van der Waals surface area contributed by atoms with Crippen molar-refractivity contribution in [3.8, 4) is 0 Å². The average molecular weight is 276 g/mol. The van der Waals surface area contributed by atoms with Crippen LogP contribution in [0.15, 0.2) is 30.3 Å². The molecule has 0 radical (unpaired) electrons. The second-order valence-corrected chi connectivity index (χ2v) is 6.21. The summed E-state index contributed by atoms with van der Waals surface area (Å²) in [6.45, 7) is 4.21. The summed E-state index contributed by atoms with van der Waals surface area (Å²) >= 11 is 0. The number of benzene rings is 1. The molecular weight excluding hydrogens is 252 g/mol. The fourth-order valence-corrected chi connectivity index (χ4v) is 3.50. The van der Waals surface area contributed by atoms with Crippen LogP contribution < -0.4 is 5.73 Å². The average Bonchev–Trinajstić information content (AvgIpc) is 2.45. The molecule has 1 aliphatic heterocycles. The van der Waals surface area contributed by atoms with Crippen molar-refractivity contribution < 1.29 is 9.84 Å². The summed E-state index contributed by atoms with van der Waals surface area (Å²) in [6, 6.07) is 10.5. The van der Waals surface area contributed by atoms with Crippen LogP contribution in [0.2, 0.25) is 0 Å². The minimum atomic E-state index is -0.188. The van der Waals surface area contributed by atoms with E-state index in [1.807, 2.05) is 6.07 Å². The number of aliphatic hydroxyl groups is 1. The Morgan fingerprint density at radius 2 is 2.05 bits per heavy atom. The van der Waals surface area contributed by atoms with Crippen LogP contribution in [0.3, 0.4) is 0 Å². The first-order valence-corrected chi connectivity index (χ1v) is 7.48. The number of aliphatic hydroxyl groups excluding tert-OH is 1. The van der Waals surface area contributed by atoms with Gasteiger partial charge in [0.15, 0.2) is 0 Å². The van der Waals surface area contributed by atoms with Crippen molar-refractivity contribution in [3.63, 3.8) is 0 Å². The lowest BCUT2D eigenvalue weighted by Gasteiger charge is -2.52. The van der Waals surface area contributed by atoms with Crippen LogP contribution in [-0.2, 0) is 11.3 Å². The number of morpholine rings is 1. The Kier molecular flexibility index (Phi) is 4.08. The summed E-state index contributed by atoms with van der Waals surface area (Å²) in [5, 5.41) is 9.62. The molecule has 1 unspecified atom stereocenters. The second kappa shape index (κ2) is 5.82. The minimum Gasteiger partial charge on any atom is -0.393 e. The first kappa shape index (κ1) is 14.0. The zero-order chi connectivity index (χ0) is 14.0. The quantitative estimate of drug-likeness (QED) is 0.861. The number of nitrogens with two attached hydrogens (primary N) is 1. The molecular formula is C16H24N2O2. The first-order chi connectivity index (χ1) is 9.72. The molecule has 0 bridgehead atoms. The van der Waals surface area contributed by atoms with Gasteiger partial charge in [0.2, 0.25) is 0 Å². The summed E-state index contributed by atoms with van der Waals surface area (Å²) in [5.74, 6) is 0. The predicted octanol–water partition coefficient (Wildman–Crippen LogP) is 0.987. The molecule has 1 aromatic carbocycles. The van der Waals surface area contributed by atoms with Crippen molar-refractivity contribution in [1.29, 1.82) is 0 Å². The number of rotatable bonds is 4. The Bertz CT molecular complexity index is 431. The molecule has 1 atom stereocenters. The van der Waals surface area contributed by atoms with Crippen molar-refractivity contribution >= 4 is 0 Å². The largest absolute Gasteiger partial charge is 0.393 e. The Morgan fingerprint density at radius 3 is 2.70 bits per heavy atom. The van der Waals surface area contributed by atoms with E-state index in [9.17, 15) is 5.11 Å². The fraction of sp³-hybridized carbons (Fsp3) is 0.625. The van der Waals surface area contributed by atoms with Crippen molar-refractivity contribution in [2.45, 2.75) is 31.6 Å². The highest BCUT2D eigenvalue weighted by atomic mass is 16.5. The highest BCUT2D eigenvalue weighted by Crippen LogP contribution is 2.45. The number of hydrogen-bond acceptors (Lipinski definition) is 4. The lowest BCUT2D eigenvalue weighted by molar-refractivity contribution is -0.157. The number of nitrogens with zero attached hydrogens (tertiary/aromatic N) is 1. The molecule has 1 saturated heterocycles. The fourth-order valence-electron chi connectivity index (χ4n) is 3.50. The third kappa shape index (κ3) is 2.74. The van der Waals surface area contributed by atoms with Crippen LogP contribution in [0.4, 0.5) is 0 Å². The molecule has 1 aliphatic carbocycles. The summed E-state index contributed by atoms with van der Waals surface area (Å²) in [6.07, 6.45) is 1.54. The highest BCUT2D eigenvalue weighted by molar-refractivity contribution is 5.14. The topological polar surface area (TPSA) is 58.7 Å². The van der Waals surface area contributed by atoms with Gasteiger partial charge in [-0.3, -0.25) is 4.90 Å². The zero-order valence-corrected chi connectivity index (χ0v) is 11.9. The van der Waals surface area contributed by atoms with Gasteiger partial charge in [0.05, 0.1) is 18.8 Å². The third-order valence-electron chi connectivity index (χ3n) is 4.77. The zero-order valence-electron chi connectivity index (χ0n) is 11.9. The number of ether oxygens (including phenoxy) is 1. The Morgan fingerprint density at radius 1 is 1.30 bits per heavy atom. The van der Waals surface area contributed by atoms with Crippen LogP contribution in [0.25, 0.3) is 0 Å². The van der Waals surface area contributed by atoms with E-state index in [2.05, 4.69) is 29.2 Å². The van der Waals surface area contributed by atoms with Crippen molar-refractivity contribution in [1.82, 2.24) is 4.90 Å². The van der Waals surface area contributed by atoms with E-state index in [4.69, 9.17) is 10.5 Å². The smallest absolute Gasteiger partial charge is 0.0772 e. The molecule has 4 heteroatoms. The predicted molar refractivity (Wildman–Crippen MR) is 78.2 cm³/mol. The van der Waals surface area contributed by atoms with Crippen molar-refractivity contribution in [2.24, 2.45) is 11.1 Å². The molecule has 2 aliphatic rings. The van der Waals surface area contributed by atoms with Crippen LogP contribution in [0, 0.1) is 5.41 Å². The highest BCUT2D eigenvalue weighted by Gasteiger charge is 2.50. The van der Waals surface area contributed by atoms with Gasteiger partial charge in [-0.05, 0) is 18.4 Å². The maximum atomic E-state index is 9.62. The molecule has 20 heavy (non-hydrogen) atoms. The summed E-state index contributed by atoms with van der Waals surface area (Å²) in [7, 11) is 0. The molecule has 2 fully saturated rings. The summed E-state index contributed by atoms with van der Waals surface area (Å²) < 4.78 is 5.96. The monoisotopic (exact) mass is 276 g/mol. The van der Waals surface area contributed by atoms with Gasteiger partial charge in [0, 0.05) is 31.6 Å². The lowest BCUT2D eigenvalue weighted by atomic mass is 9.63. The summed E-state index contributed by atoms with van der Waals surface area (Å²) in [4.78, 5) is 2.44. The Balaban J connectivity index is 1.62. The first-order valence-electron chi connectivity index (χ1n) is 7.48. The van der Waals surface area contributed by atoms with Gasteiger partial charge in [0.1, 0.15) is 0 Å². The molecule has 3 rings (SSSR count). The van der Waals surface area contributed by atoms with Gasteiger partial charge in [-0.25, -0.2) is 0 Å². The minimum absolute atomic E-state index is 0.00518. The molecule has 4 nitrogen and oxygen atoms in total. The van der Waals surface area contributed by atoms with Crippen LogP contribution in [0.5, 0.6) is 0 Å². The van der Waals surface area contributed by atoms with E-state index < -0.39 is 0 Å². The maximum Gasteiger partial charge on any atom is 0.0772 e. The molecule has 110 valence electrons. The molecule has 0 spiro atoms. The maximum absolute atomic E-state index is 9.62. The second-order valence-electron chi connectivity index (χ2n) is 6.21. The van der Waals surface area contributed by atoms with Crippen LogP contribution in [-0.4, -0.2) is 48.5 Å². The molecule has 1 saturated carbocycles. The Hall–Kier alpha value is -0.940. The van der Waals surface area contributed by atoms with E-state index in [0.717, 1.165) is 39.1 Å². The van der Waals surface area contributed by atoms with E-state index in [1.54, 1.807) is 0 Å². The van der Waals surface area contributed by atoms with Gasteiger partial charge < -0.3 is 15.6 Å². The normalized spacial score (nSPS) is 34.7. The standard InChI is InChI=1S/C16H24N2O2/c17-12-16(8-14(19)9-16)15-11-18(6-7-20-15)10-13-4-2-1-3-5-13/h1-5,14-15,19H,6-12,17H2. The van der Waals surface area contributed by atoms with Crippen molar-refractivity contribution in [3.05, 3.63) is 35.9 Å². The van der Waals surface area contributed by atoms with E-state index in [0.29, 0.717) is 6.54 Å². The van der Waals surface area contributed by atoms with Crippen LogP contribution >= 0.6 is 0 Å². The number of hydrogen-bond donors (Lipinski definition) is 2. The molecule has 0 amide bonds. The van der Waals surface area contributed by atoms with Crippen molar-refractivity contribution in [2.75, 3.05) is 26.2 Å². The van der Waals surface area contributed by atoms with E-state index >= 15 is 0 Å².